The van der Waals surface area contributed by atoms with E-state index in [0.717, 1.165) is 80.9 Å². The first kappa shape index (κ1) is 40.4. The fraction of sp³-hybridized carbons (Fsp3) is 0.440. The largest absolute Gasteiger partial charge is 0.477 e. The monoisotopic (exact) mass is 834 g/mol. The van der Waals surface area contributed by atoms with Crippen molar-refractivity contribution in [3.8, 4) is 34.8 Å². The number of fused-ring (bicyclic) bond motifs is 4. The number of hydrogen-bond donors (Lipinski definition) is 0. The van der Waals surface area contributed by atoms with E-state index in [4.69, 9.17) is 38.9 Å². The van der Waals surface area contributed by atoms with Gasteiger partial charge >= 0.3 is 6.01 Å². The lowest BCUT2D eigenvalue weighted by Crippen LogP contribution is -2.33. The van der Waals surface area contributed by atoms with E-state index in [-0.39, 0.29) is 0 Å². The van der Waals surface area contributed by atoms with E-state index in [1.54, 1.807) is 7.11 Å². The predicted molar refractivity (Wildman–Crippen MR) is 245 cm³/mol. The number of anilines is 2. The lowest BCUT2D eigenvalue weighted by molar-refractivity contribution is 0.184. The molecule has 0 N–H and O–H groups in total. The minimum atomic E-state index is 0.386. The van der Waals surface area contributed by atoms with E-state index in [1.807, 2.05) is 0 Å². The summed E-state index contributed by atoms with van der Waals surface area (Å²) in [6.45, 7) is 9.13. The van der Waals surface area contributed by atoms with E-state index in [0.29, 0.717) is 68.6 Å². The summed E-state index contributed by atoms with van der Waals surface area (Å²) in [7, 11) is 5.97. The zero-order valence-electron chi connectivity index (χ0n) is 36.6. The molecule has 0 spiro atoms. The van der Waals surface area contributed by atoms with Gasteiger partial charge < -0.3 is 38.5 Å². The number of methoxy groups -OCH3 is 1. The van der Waals surface area contributed by atoms with E-state index in [2.05, 4.69) is 113 Å². The van der Waals surface area contributed by atoms with Gasteiger partial charge in [-0.05, 0) is 106 Å². The maximum atomic E-state index is 6.27. The normalized spacial score (nSPS) is 19.2. The number of aromatic nitrogens is 4. The number of rotatable bonds is 13. The molecule has 0 bridgehead atoms. The Hall–Kier alpha value is -5.72. The summed E-state index contributed by atoms with van der Waals surface area (Å²) in [6, 6.07) is 28.1. The molecule has 0 radical (unpaired) electrons. The summed E-state index contributed by atoms with van der Waals surface area (Å²) >= 11 is 0. The minimum Gasteiger partial charge on any atom is -0.477 e. The molecular weight excluding hydrogens is 777 g/mol. The first-order valence-electron chi connectivity index (χ1n) is 22.6. The lowest BCUT2D eigenvalue weighted by atomic mass is 9.94. The van der Waals surface area contributed by atoms with Crippen LogP contribution in [0.3, 0.4) is 0 Å². The molecule has 62 heavy (non-hydrogen) atoms. The Morgan fingerprint density at radius 3 is 2.06 bits per heavy atom. The Bertz CT molecular complexity index is 2590. The molecule has 4 aliphatic heterocycles. The van der Waals surface area contributed by atoms with Gasteiger partial charge in [-0.1, -0.05) is 61.5 Å². The molecule has 2 atom stereocenters. The first-order chi connectivity index (χ1) is 30.4. The molecule has 0 unspecified atom stereocenters. The van der Waals surface area contributed by atoms with Crippen LogP contribution in [-0.4, -0.2) is 109 Å². The molecule has 4 aromatic carbocycles. The van der Waals surface area contributed by atoms with Crippen LogP contribution >= 0.6 is 0 Å². The van der Waals surface area contributed by atoms with Gasteiger partial charge in [-0.25, -0.2) is 9.97 Å². The van der Waals surface area contributed by atoms with Crippen molar-refractivity contribution in [3.63, 3.8) is 0 Å². The number of likely N-dealkylation sites (tertiary alicyclic amines) is 2. The van der Waals surface area contributed by atoms with Crippen LogP contribution < -0.4 is 28.7 Å². The highest BCUT2D eigenvalue weighted by Gasteiger charge is 2.29. The van der Waals surface area contributed by atoms with E-state index in [1.165, 1.54) is 56.9 Å². The van der Waals surface area contributed by atoms with Gasteiger partial charge in [0.1, 0.15) is 13.2 Å². The van der Waals surface area contributed by atoms with Crippen LogP contribution in [0, 0.1) is 0 Å². The van der Waals surface area contributed by atoms with Gasteiger partial charge in [-0.15, -0.1) is 0 Å². The van der Waals surface area contributed by atoms with Crippen molar-refractivity contribution in [2.75, 3.05) is 77.0 Å². The third kappa shape index (κ3) is 7.94. The maximum absolute atomic E-state index is 6.27. The van der Waals surface area contributed by atoms with Crippen LogP contribution in [0.15, 0.2) is 72.8 Å². The Labute approximate surface area is 364 Å². The van der Waals surface area contributed by atoms with Crippen LogP contribution in [-0.2, 0) is 25.9 Å². The minimum absolute atomic E-state index is 0.386. The predicted octanol–water partition coefficient (Wildman–Crippen LogP) is 8.11. The second-order valence-electron chi connectivity index (χ2n) is 17.4. The average Bonchev–Trinajstić information content (AvgIpc) is 3.93. The number of hydrogen-bond acceptors (Lipinski definition) is 12. The molecule has 10 rings (SSSR count). The average molecular weight is 835 g/mol. The van der Waals surface area contributed by atoms with Gasteiger partial charge in [0, 0.05) is 59.3 Å². The molecular formula is C50H58N8O4. The number of nitrogens with zero attached hydrogens (tertiary/aromatic N) is 8. The van der Waals surface area contributed by atoms with Crippen molar-refractivity contribution >= 4 is 32.9 Å². The van der Waals surface area contributed by atoms with E-state index >= 15 is 0 Å². The van der Waals surface area contributed by atoms with Crippen molar-refractivity contribution in [1.82, 2.24) is 29.7 Å². The zero-order chi connectivity index (χ0) is 42.2. The molecule has 6 aromatic rings. The Kier molecular flexibility index (Phi) is 11.4. The third-order valence-corrected chi connectivity index (χ3v) is 13.5. The maximum Gasteiger partial charge on any atom is 0.320 e. The first-order valence-corrected chi connectivity index (χ1v) is 22.6. The van der Waals surface area contributed by atoms with E-state index in [9.17, 15) is 0 Å². The van der Waals surface area contributed by atoms with Crippen molar-refractivity contribution < 1.29 is 18.9 Å². The van der Waals surface area contributed by atoms with Gasteiger partial charge in [0.05, 0.1) is 43.9 Å². The molecule has 322 valence electrons. The molecule has 0 amide bonds. The fourth-order valence-corrected chi connectivity index (χ4v) is 9.95. The Morgan fingerprint density at radius 2 is 1.31 bits per heavy atom. The summed E-state index contributed by atoms with van der Waals surface area (Å²) in [5.41, 5.74) is 8.82. The third-order valence-electron chi connectivity index (χ3n) is 13.5. The highest BCUT2D eigenvalue weighted by molar-refractivity contribution is 6.05. The molecule has 2 aromatic heterocycles. The number of benzene rings is 4. The summed E-state index contributed by atoms with van der Waals surface area (Å²) < 4.78 is 24.4. The topological polar surface area (TPSA) is 101 Å². The molecule has 2 fully saturated rings. The standard InChI is InChI=1S/C50H58N8O4/c1-5-27-60-47-41-21-25-57(29-43(41)53-50(54-47)62-32-36-13-10-24-56(36)3)46-18-8-15-39-37(14-7-16-40(39)46)34-19-20-38-33(28-34)11-6-17-45(38)58-26-22-42-44(30-58)52-49(48(51-42)59-4)61-31-35-12-9-23-55(35)2/h6-8,11,14-20,28,35-36H,5,9-10,12-13,21-27,29-32H2,1-4H3/t35-,36-/m1/s1. The van der Waals surface area contributed by atoms with Crippen LogP contribution in [0.25, 0.3) is 32.7 Å². The van der Waals surface area contributed by atoms with Crippen LogP contribution in [0.5, 0.6) is 23.7 Å². The molecule has 12 heteroatoms. The van der Waals surface area contributed by atoms with Crippen molar-refractivity contribution in [2.45, 2.75) is 77.0 Å². The lowest BCUT2D eigenvalue weighted by Gasteiger charge is -2.32. The van der Waals surface area contributed by atoms with Crippen molar-refractivity contribution in [1.29, 1.82) is 0 Å². The van der Waals surface area contributed by atoms with Crippen LogP contribution in [0.2, 0.25) is 0 Å². The highest BCUT2D eigenvalue weighted by Crippen LogP contribution is 2.40. The summed E-state index contributed by atoms with van der Waals surface area (Å²) in [5, 5.41) is 4.88. The van der Waals surface area contributed by atoms with Gasteiger partial charge in [0.2, 0.25) is 5.88 Å². The Balaban J connectivity index is 0.903. The summed E-state index contributed by atoms with van der Waals surface area (Å²) in [4.78, 5) is 29.3. The SMILES string of the molecule is CCCOc1nc(OC[C@H]2CCCN2C)nc2c1CCN(c1cccc3c(-c4ccc5c(N6CCc7nc(OC)c(OC[C@H]8CCCN8C)nc7C6)cccc5c4)cccc13)C2. The van der Waals surface area contributed by atoms with Crippen LogP contribution in [0.1, 0.15) is 61.7 Å². The molecule has 0 aliphatic carbocycles. The smallest absolute Gasteiger partial charge is 0.320 e. The number of likely N-dealkylation sites (N-methyl/N-ethyl adjacent to an activating group) is 2. The fourth-order valence-electron chi connectivity index (χ4n) is 9.95. The van der Waals surface area contributed by atoms with Crippen LogP contribution in [0.4, 0.5) is 11.4 Å². The second-order valence-corrected chi connectivity index (χ2v) is 17.4. The summed E-state index contributed by atoms with van der Waals surface area (Å²) in [6.07, 6.45) is 7.16. The van der Waals surface area contributed by atoms with Gasteiger partial charge in [0.25, 0.3) is 11.8 Å². The number of ether oxygens (including phenoxy) is 4. The van der Waals surface area contributed by atoms with Gasteiger partial charge in [-0.3, -0.25) is 0 Å². The van der Waals surface area contributed by atoms with E-state index < -0.39 is 0 Å². The quantitative estimate of drug-likeness (QED) is 0.112. The van der Waals surface area contributed by atoms with Crippen molar-refractivity contribution in [3.05, 3.63) is 95.4 Å². The van der Waals surface area contributed by atoms with Gasteiger partial charge in [-0.2, -0.15) is 9.97 Å². The highest BCUT2D eigenvalue weighted by atomic mass is 16.5. The van der Waals surface area contributed by atoms with Gasteiger partial charge in [0.15, 0.2) is 0 Å². The molecule has 2 saturated heterocycles. The Morgan fingerprint density at radius 1 is 0.613 bits per heavy atom. The molecule has 4 aliphatic rings. The summed E-state index contributed by atoms with van der Waals surface area (Å²) in [5.74, 6) is 1.63. The second kappa shape index (κ2) is 17.6. The molecule has 12 nitrogen and oxygen atoms in total. The molecule has 0 saturated carbocycles. The molecule has 6 heterocycles. The van der Waals surface area contributed by atoms with Crippen molar-refractivity contribution in [2.24, 2.45) is 0 Å². The zero-order valence-corrected chi connectivity index (χ0v) is 36.6.